The molecule has 0 spiro atoms. The summed E-state index contributed by atoms with van der Waals surface area (Å²) in [6.07, 6.45) is 13.2. The fraction of sp³-hybridized carbons (Fsp3) is 0.688. The van der Waals surface area contributed by atoms with Crippen LogP contribution in [0.4, 0.5) is 0 Å². The normalized spacial score (nSPS) is 18.2. The Hall–Kier alpha value is -1.09. The van der Waals surface area contributed by atoms with E-state index in [0.29, 0.717) is 6.04 Å². The Balaban J connectivity index is 2.21. The summed E-state index contributed by atoms with van der Waals surface area (Å²) in [4.78, 5) is 4.30. The number of nitrogens with one attached hydrogen (secondary N) is 1. The SMILES string of the molecule is CNCC(=Cc1cncn1C(C)C)C1CCCCC1. The molecule has 1 N–H and O–H groups in total. The van der Waals surface area contributed by atoms with E-state index in [1.54, 1.807) is 5.57 Å². The van der Waals surface area contributed by atoms with Gasteiger partial charge in [0.25, 0.3) is 0 Å². The summed E-state index contributed by atoms with van der Waals surface area (Å²) in [7, 11) is 2.04. The molecular formula is C16H27N3. The lowest BCUT2D eigenvalue weighted by molar-refractivity contribution is 0.398. The molecule has 1 heterocycles. The second-order valence-electron chi connectivity index (χ2n) is 5.90. The van der Waals surface area contributed by atoms with Gasteiger partial charge in [0, 0.05) is 12.6 Å². The van der Waals surface area contributed by atoms with Crippen molar-refractivity contribution in [3.05, 3.63) is 23.8 Å². The van der Waals surface area contributed by atoms with Crippen LogP contribution in [0.2, 0.25) is 0 Å². The summed E-state index contributed by atoms with van der Waals surface area (Å²) in [5.41, 5.74) is 2.79. The second kappa shape index (κ2) is 6.90. The van der Waals surface area contributed by atoms with Crippen LogP contribution in [0.15, 0.2) is 18.1 Å². The minimum atomic E-state index is 0.468. The van der Waals surface area contributed by atoms with Crippen molar-refractivity contribution in [3.63, 3.8) is 0 Å². The highest BCUT2D eigenvalue weighted by Gasteiger charge is 2.18. The zero-order valence-electron chi connectivity index (χ0n) is 12.5. The molecule has 0 saturated heterocycles. The third-order valence-corrected chi connectivity index (χ3v) is 4.10. The standard InChI is InChI=1S/C16H27N3/c1-13(2)19-12-18-11-16(19)9-15(10-17-3)14-7-5-4-6-8-14/h9,11-14,17H,4-8,10H2,1-3H3. The van der Waals surface area contributed by atoms with Gasteiger partial charge < -0.3 is 9.88 Å². The molecule has 0 aliphatic heterocycles. The van der Waals surface area contributed by atoms with Gasteiger partial charge in [-0.15, -0.1) is 0 Å². The van der Waals surface area contributed by atoms with Crippen LogP contribution >= 0.6 is 0 Å². The highest BCUT2D eigenvalue weighted by molar-refractivity contribution is 5.50. The van der Waals surface area contributed by atoms with Gasteiger partial charge in [0.15, 0.2) is 0 Å². The van der Waals surface area contributed by atoms with E-state index in [-0.39, 0.29) is 0 Å². The van der Waals surface area contributed by atoms with Gasteiger partial charge in [-0.25, -0.2) is 4.98 Å². The lowest BCUT2D eigenvalue weighted by Gasteiger charge is -2.25. The number of likely N-dealkylation sites (N-methyl/N-ethyl adjacent to an activating group) is 1. The molecule has 0 aromatic carbocycles. The van der Waals surface area contributed by atoms with Crippen molar-refractivity contribution in [2.24, 2.45) is 5.92 Å². The van der Waals surface area contributed by atoms with Crippen LogP contribution in [0.25, 0.3) is 6.08 Å². The van der Waals surface area contributed by atoms with Crippen LogP contribution in [-0.4, -0.2) is 23.1 Å². The van der Waals surface area contributed by atoms with Gasteiger partial charge in [-0.1, -0.05) is 24.8 Å². The van der Waals surface area contributed by atoms with Gasteiger partial charge >= 0.3 is 0 Å². The van der Waals surface area contributed by atoms with E-state index in [9.17, 15) is 0 Å². The Bertz CT molecular complexity index is 411. The van der Waals surface area contributed by atoms with Gasteiger partial charge in [0.2, 0.25) is 0 Å². The third-order valence-electron chi connectivity index (χ3n) is 4.10. The van der Waals surface area contributed by atoms with E-state index in [2.05, 4.69) is 34.8 Å². The Morgan fingerprint density at radius 1 is 1.42 bits per heavy atom. The molecule has 1 aromatic heterocycles. The molecule has 0 amide bonds. The van der Waals surface area contributed by atoms with E-state index < -0.39 is 0 Å². The molecule has 0 bridgehead atoms. The molecule has 0 radical (unpaired) electrons. The van der Waals surface area contributed by atoms with Crippen molar-refractivity contribution in [1.82, 2.24) is 14.9 Å². The second-order valence-corrected chi connectivity index (χ2v) is 5.90. The van der Waals surface area contributed by atoms with E-state index in [1.165, 1.54) is 37.8 Å². The van der Waals surface area contributed by atoms with Crippen LogP contribution in [0.3, 0.4) is 0 Å². The zero-order chi connectivity index (χ0) is 13.7. The molecular weight excluding hydrogens is 234 g/mol. The average Bonchev–Trinajstić information content (AvgIpc) is 2.88. The predicted octanol–water partition coefficient (Wildman–Crippen LogP) is 3.65. The minimum Gasteiger partial charge on any atom is -0.329 e. The van der Waals surface area contributed by atoms with Gasteiger partial charge in [-0.2, -0.15) is 0 Å². The number of imidazole rings is 1. The summed E-state index contributed by atoms with van der Waals surface area (Å²) in [5.74, 6) is 0.761. The monoisotopic (exact) mass is 261 g/mol. The van der Waals surface area contributed by atoms with Crippen LogP contribution in [0.5, 0.6) is 0 Å². The molecule has 1 aliphatic rings. The lowest BCUT2D eigenvalue weighted by atomic mass is 9.83. The van der Waals surface area contributed by atoms with E-state index in [1.807, 2.05) is 19.6 Å². The van der Waals surface area contributed by atoms with E-state index in [0.717, 1.165) is 12.5 Å². The molecule has 0 atom stereocenters. The van der Waals surface area contributed by atoms with Crippen LogP contribution in [-0.2, 0) is 0 Å². The minimum absolute atomic E-state index is 0.468. The summed E-state index contributed by atoms with van der Waals surface area (Å²) in [6, 6.07) is 0.468. The first-order chi connectivity index (χ1) is 9.22. The molecule has 2 rings (SSSR count). The first kappa shape index (κ1) is 14.3. The molecule has 1 aliphatic carbocycles. The van der Waals surface area contributed by atoms with Crippen LogP contribution < -0.4 is 5.32 Å². The smallest absolute Gasteiger partial charge is 0.0953 e. The molecule has 1 saturated carbocycles. The van der Waals surface area contributed by atoms with E-state index in [4.69, 9.17) is 0 Å². The topological polar surface area (TPSA) is 29.9 Å². The maximum atomic E-state index is 4.30. The summed E-state index contributed by atoms with van der Waals surface area (Å²) in [5, 5.41) is 3.33. The molecule has 1 fully saturated rings. The molecule has 0 unspecified atom stereocenters. The average molecular weight is 261 g/mol. The Labute approximate surface area is 117 Å². The Morgan fingerprint density at radius 2 is 2.16 bits per heavy atom. The van der Waals surface area contributed by atoms with Gasteiger partial charge in [-0.3, -0.25) is 0 Å². The Kier molecular flexibility index (Phi) is 5.20. The number of rotatable bonds is 5. The fourth-order valence-electron chi connectivity index (χ4n) is 3.04. The van der Waals surface area contributed by atoms with Crippen LogP contribution in [0.1, 0.15) is 57.7 Å². The molecule has 19 heavy (non-hydrogen) atoms. The van der Waals surface area contributed by atoms with Crippen molar-refractivity contribution in [2.75, 3.05) is 13.6 Å². The van der Waals surface area contributed by atoms with Crippen molar-refractivity contribution in [1.29, 1.82) is 0 Å². The van der Waals surface area contributed by atoms with Gasteiger partial charge in [0.05, 0.1) is 18.2 Å². The lowest BCUT2D eigenvalue weighted by Crippen LogP contribution is -2.19. The number of nitrogens with zero attached hydrogens (tertiary/aromatic N) is 2. The molecule has 3 nitrogen and oxygen atoms in total. The third kappa shape index (κ3) is 3.69. The van der Waals surface area contributed by atoms with Crippen molar-refractivity contribution >= 4 is 6.08 Å². The van der Waals surface area contributed by atoms with Crippen molar-refractivity contribution in [3.8, 4) is 0 Å². The summed E-state index contributed by atoms with van der Waals surface area (Å²) in [6.45, 7) is 5.41. The summed E-state index contributed by atoms with van der Waals surface area (Å²) < 4.78 is 2.25. The maximum absolute atomic E-state index is 4.30. The molecule has 1 aromatic rings. The van der Waals surface area contributed by atoms with Gasteiger partial charge in [0.1, 0.15) is 0 Å². The number of aromatic nitrogens is 2. The number of hydrogen-bond acceptors (Lipinski definition) is 2. The first-order valence-corrected chi connectivity index (χ1v) is 7.59. The first-order valence-electron chi connectivity index (χ1n) is 7.59. The number of hydrogen-bond donors (Lipinski definition) is 1. The quantitative estimate of drug-likeness (QED) is 0.877. The Morgan fingerprint density at radius 3 is 2.79 bits per heavy atom. The fourth-order valence-corrected chi connectivity index (χ4v) is 3.04. The van der Waals surface area contributed by atoms with Crippen LogP contribution in [0, 0.1) is 5.92 Å². The van der Waals surface area contributed by atoms with E-state index >= 15 is 0 Å². The highest BCUT2D eigenvalue weighted by Crippen LogP contribution is 2.30. The molecule has 106 valence electrons. The largest absolute Gasteiger partial charge is 0.329 e. The van der Waals surface area contributed by atoms with Crippen molar-refractivity contribution < 1.29 is 0 Å². The molecule has 3 heteroatoms. The summed E-state index contributed by atoms with van der Waals surface area (Å²) >= 11 is 0. The maximum Gasteiger partial charge on any atom is 0.0953 e. The zero-order valence-corrected chi connectivity index (χ0v) is 12.5. The van der Waals surface area contributed by atoms with Gasteiger partial charge in [-0.05, 0) is 45.7 Å². The highest BCUT2D eigenvalue weighted by atomic mass is 15.1. The van der Waals surface area contributed by atoms with Crippen molar-refractivity contribution in [2.45, 2.75) is 52.0 Å². The predicted molar refractivity (Wildman–Crippen MR) is 81.1 cm³/mol.